The van der Waals surface area contributed by atoms with Crippen LogP contribution in [0.3, 0.4) is 0 Å². The molecule has 94 valence electrons. The van der Waals surface area contributed by atoms with E-state index in [4.69, 9.17) is 10.5 Å². The molecule has 0 spiro atoms. The Balaban J connectivity index is 2.96. The highest BCUT2D eigenvalue weighted by Crippen LogP contribution is 2.27. The van der Waals surface area contributed by atoms with Crippen LogP contribution < -0.4 is 10.5 Å². The number of rotatable bonds is 4. The molecule has 0 saturated heterocycles. The van der Waals surface area contributed by atoms with Crippen LogP contribution in [-0.2, 0) is 9.53 Å². The third kappa shape index (κ3) is 3.20. The first-order chi connectivity index (χ1) is 7.99. The SMILES string of the molecule is COC(=O)CC(N)c1cc(C)c(OC)c(C)c1. The van der Waals surface area contributed by atoms with Crippen LogP contribution in [0.4, 0.5) is 0 Å². The van der Waals surface area contributed by atoms with Crippen molar-refractivity contribution in [2.24, 2.45) is 5.73 Å². The van der Waals surface area contributed by atoms with Gasteiger partial charge in [-0.15, -0.1) is 0 Å². The highest BCUT2D eigenvalue weighted by molar-refractivity contribution is 5.70. The summed E-state index contributed by atoms with van der Waals surface area (Å²) in [6, 6.07) is 3.55. The Kier molecular flexibility index (Phi) is 4.52. The van der Waals surface area contributed by atoms with Gasteiger partial charge in [0, 0.05) is 6.04 Å². The van der Waals surface area contributed by atoms with Crippen molar-refractivity contribution in [1.82, 2.24) is 0 Å². The van der Waals surface area contributed by atoms with E-state index >= 15 is 0 Å². The van der Waals surface area contributed by atoms with Gasteiger partial charge in [0.15, 0.2) is 0 Å². The molecule has 0 aliphatic heterocycles. The minimum absolute atomic E-state index is 0.182. The fourth-order valence-electron chi connectivity index (χ4n) is 1.90. The minimum atomic E-state index is -0.342. The number of methoxy groups -OCH3 is 2. The Bertz CT molecular complexity index is 392. The van der Waals surface area contributed by atoms with Crippen LogP contribution in [0.2, 0.25) is 0 Å². The minimum Gasteiger partial charge on any atom is -0.496 e. The standard InChI is InChI=1S/C13H19NO3/c1-8-5-10(6-9(2)13(8)17-4)11(14)7-12(15)16-3/h5-6,11H,7,14H2,1-4H3. The maximum atomic E-state index is 11.2. The average molecular weight is 237 g/mol. The first kappa shape index (κ1) is 13.5. The molecular weight excluding hydrogens is 218 g/mol. The second kappa shape index (κ2) is 5.68. The number of carbonyl (C=O) groups excluding carboxylic acids is 1. The van der Waals surface area contributed by atoms with Gasteiger partial charge >= 0.3 is 5.97 Å². The summed E-state index contributed by atoms with van der Waals surface area (Å²) >= 11 is 0. The topological polar surface area (TPSA) is 61.5 Å². The van der Waals surface area contributed by atoms with E-state index in [0.717, 1.165) is 22.4 Å². The van der Waals surface area contributed by atoms with Crippen LogP contribution in [-0.4, -0.2) is 20.2 Å². The summed E-state index contributed by atoms with van der Waals surface area (Å²) in [6.45, 7) is 3.92. The Morgan fingerprint density at radius 1 is 1.29 bits per heavy atom. The molecule has 1 aromatic carbocycles. The van der Waals surface area contributed by atoms with Gasteiger partial charge in [-0.1, -0.05) is 12.1 Å². The van der Waals surface area contributed by atoms with Gasteiger partial charge < -0.3 is 15.2 Å². The lowest BCUT2D eigenvalue weighted by atomic mass is 9.99. The van der Waals surface area contributed by atoms with Crippen molar-refractivity contribution < 1.29 is 14.3 Å². The zero-order valence-electron chi connectivity index (χ0n) is 10.7. The largest absolute Gasteiger partial charge is 0.496 e. The molecule has 0 amide bonds. The second-order valence-electron chi connectivity index (χ2n) is 4.07. The molecule has 0 bridgehead atoms. The van der Waals surface area contributed by atoms with Crippen molar-refractivity contribution in [3.63, 3.8) is 0 Å². The number of nitrogens with two attached hydrogens (primary N) is 1. The second-order valence-corrected chi connectivity index (χ2v) is 4.07. The normalized spacial score (nSPS) is 12.1. The molecule has 0 fully saturated rings. The molecule has 0 saturated carbocycles. The Morgan fingerprint density at radius 3 is 2.24 bits per heavy atom. The number of aryl methyl sites for hydroxylation is 2. The summed E-state index contributed by atoms with van der Waals surface area (Å²) in [7, 11) is 3.00. The molecule has 4 heteroatoms. The van der Waals surface area contributed by atoms with Gasteiger partial charge in [-0.25, -0.2) is 0 Å². The number of carbonyl (C=O) groups is 1. The van der Waals surface area contributed by atoms with Gasteiger partial charge in [0.05, 0.1) is 20.6 Å². The van der Waals surface area contributed by atoms with E-state index in [1.54, 1.807) is 7.11 Å². The van der Waals surface area contributed by atoms with Gasteiger partial charge in [0.25, 0.3) is 0 Å². The number of hydrogen-bond acceptors (Lipinski definition) is 4. The lowest BCUT2D eigenvalue weighted by Crippen LogP contribution is -2.16. The zero-order valence-corrected chi connectivity index (χ0v) is 10.7. The van der Waals surface area contributed by atoms with E-state index in [2.05, 4.69) is 4.74 Å². The maximum absolute atomic E-state index is 11.2. The summed E-state index contributed by atoms with van der Waals surface area (Å²) in [5, 5.41) is 0. The monoisotopic (exact) mass is 237 g/mol. The van der Waals surface area contributed by atoms with Crippen LogP contribution >= 0.6 is 0 Å². The fraction of sp³-hybridized carbons (Fsp3) is 0.462. The first-order valence-electron chi connectivity index (χ1n) is 5.47. The molecule has 0 aliphatic rings. The number of benzene rings is 1. The lowest BCUT2D eigenvalue weighted by molar-refractivity contribution is -0.141. The van der Waals surface area contributed by atoms with Crippen LogP contribution in [0.15, 0.2) is 12.1 Å². The molecule has 4 nitrogen and oxygen atoms in total. The summed E-state index contributed by atoms with van der Waals surface area (Å²) in [6.07, 6.45) is 0.182. The predicted octanol–water partition coefficient (Wildman–Crippen LogP) is 1.87. The van der Waals surface area contributed by atoms with Crippen molar-refractivity contribution in [2.45, 2.75) is 26.3 Å². The number of esters is 1. The highest BCUT2D eigenvalue weighted by atomic mass is 16.5. The Labute approximate surface area is 102 Å². The molecular formula is C13H19NO3. The molecule has 17 heavy (non-hydrogen) atoms. The third-order valence-electron chi connectivity index (χ3n) is 2.73. The van der Waals surface area contributed by atoms with Crippen LogP contribution in [0.5, 0.6) is 5.75 Å². The molecule has 0 radical (unpaired) electrons. The van der Waals surface area contributed by atoms with E-state index in [0.29, 0.717) is 0 Å². The molecule has 1 unspecified atom stereocenters. The quantitative estimate of drug-likeness (QED) is 0.812. The zero-order chi connectivity index (χ0) is 13.0. The molecule has 1 rings (SSSR count). The van der Waals surface area contributed by atoms with Gasteiger partial charge in [-0.2, -0.15) is 0 Å². The smallest absolute Gasteiger partial charge is 0.307 e. The third-order valence-corrected chi connectivity index (χ3v) is 2.73. The molecule has 0 aromatic heterocycles. The Hall–Kier alpha value is -1.55. The lowest BCUT2D eigenvalue weighted by Gasteiger charge is -2.15. The van der Waals surface area contributed by atoms with Gasteiger partial charge in [-0.05, 0) is 30.5 Å². The predicted molar refractivity (Wildman–Crippen MR) is 66.0 cm³/mol. The molecule has 2 N–H and O–H groups in total. The van der Waals surface area contributed by atoms with Crippen LogP contribution in [0, 0.1) is 13.8 Å². The van der Waals surface area contributed by atoms with E-state index in [1.807, 2.05) is 26.0 Å². The summed E-state index contributed by atoms with van der Waals surface area (Å²) in [5.41, 5.74) is 8.91. The molecule has 1 aromatic rings. The summed E-state index contributed by atoms with van der Waals surface area (Å²) in [4.78, 5) is 11.2. The van der Waals surface area contributed by atoms with Crippen molar-refractivity contribution in [2.75, 3.05) is 14.2 Å². The van der Waals surface area contributed by atoms with Crippen molar-refractivity contribution in [1.29, 1.82) is 0 Å². The molecule has 0 aliphatic carbocycles. The summed E-state index contributed by atoms with van der Waals surface area (Å²) < 4.78 is 9.88. The van der Waals surface area contributed by atoms with Gasteiger partial charge in [-0.3, -0.25) is 4.79 Å². The number of hydrogen-bond donors (Lipinski definition) is 1. The van der Waals surface area contributed by atoms with Crippen molar-refractivity contribution >= 4 is 5.97 Å². The number of ether oxygens (including phenoxy) is 2. The maximum Gasteiger partial charge on any atom is 0.307 e. The van der Waals surface area contributed by atoms with Crippen LogP contribution in [0.25, 0.3) is 0 Å². The molecule has 0 heterocycles. The fourth-order valence-corrected chi connectivity index (χ4v) is 1.90. The Morgan fingerprint density at radius 2 is 1.82 bits per heavy atom. The summed E-state index contributed by atoms with van der Waals surface area (Å²) in [5.74, 6) is 0.558. The van der Waals surface area contributed by atoms with Crippen LogP contribution in [0.1, 0.15) is 29.2 Å². The van der Waals surface area contributed by atoms with E-state index in [1.165, 1.54) is 7.11 Å². The van der Waals surface area contributed by atoms with Gasteiger partial charge in [0.2, 0.25) is 0 Å². The van der Waals surface area contributed by atoms with Gasteiger partial charge in [0.1, 0.15) is 5.75 Å². The highest BCUT2D eigenvalue weighted by Gasteiger charge is 2.14. The first-order valence-corrected chi connectivity index (χ1v) is 5.47. The molecule has 1 atom stereocenters. The van der Waals surface area contributed by atoms with Crippen molar-refractivity contribution in [3.8, 4) is 5.75 Å². The van der Waals surface area contributed by atoms with E-state index < -0.39 is 0 Å². The van der Waals surface area contributed by atoms with E-state index in [-0.39, 0.29) is 18.4 Å². The average Bonchev–Trinajstić information content (AvgIpc) is 2.28. The van der Waals surface area contributed by atoms with E-state index in [9.17, 15) is 4.79 Å². The van der Waals surface area contributed by atoms with Crippen molar-refractivity contribution in [3.05, 3.63) is 28.8 Å².